The van der Waals surface area contributed by atoms with Gasteiger partial charge in [-0.2, -0.15) is 0 Å². The summed E-state index contributed by atoms with van der Waals surface area (Å²) in [6.07, 6.45) is 6.73. The summed E-state index contributed by atoms with van der Waals surface area (Å²) in [6.45, 7) is 0. The Morgan fingerprint density at radius 1 is 1.08 bits per heavy atom. The summed E-state index contributed by atoms with van der Waals surface area (Å²) in [6, 6.07) is 8.15. The van der Waals surface area contributed by atoms with Crippen LogP contribution in [0.2, 0.25) is 5.02 Å². The number of amides is 1. The molecule has 4 saturated carbocycles. The zero-order valence-corrected chi connectivity index (χ0v) is 14.7. The maximum atomic E-state index is 12.9. The molecule has 3 nitrogen and oxygen atoms in total. The van der Waals surface area contributed by atoms with E-state index in [0.29, 0.717) is 22.9 Å². The number of hydrogen-bond donors (Lipinski definition) is 1. The molecule has 0 unspecified atom stereocenters. The molecule has 1 N–H and O–H groups in total. The second-order valence-corrected chi connectivity index (χ2v) is 8.66. The quantitative estimate of drug-likeness (QED) is 0.863. The van der Waals surface area contributed by atoms with Crippen LogP contribution < -0.4 is 5.32 Å². The number of fused-ring (bicyclic) bond motifs is 1. The SMILES string of the molecule is Cn1c(C(=O)NC2C3CC4CC(C3)CC2C4)cc2ccc(Cl)cc21. The van der Waals surface area contributed by atoms with E-state index in [1.165, 1.54) is 32.1 Å². The lowest BCUT2D eigenvalue weighted by molar-refractivity contribution is -0.0120. The summed E-state index contributed by atoms with van der Waals surface area (Å²) < 4.78 is 1.96. The van der Waals surface area contributed by atoms with E-state index >= 15 is 0 Å². The molecule has 126 valence electrons. The van der Waals surface area contributed by atoms with Crippen molar-refractivity contribution >= 4 is 28.4 Å². The molecule has 0 radical (unpaired) electrons. The van der Waals surface area contributed by atoms with E-state index < -0.39 is 0 Å². The smallest absolute Gasteiger partial charge is 0.268 e. The van der Waals surface area contributed by atoms with Crippen molar-refractivity contribution in [2.24, 2.45) is 30.7 Å². The normalized spacial score (nSPS) is 34.0. The summed E-state index contributed by atoms with van der Waals surface area (Å²) in [5.41, 5.74) is 1.75. The van der Waals surface area contributed by atoms with Crippen molar-refractivity contribution in [3.05, 3.63) is 35.0 Å². The summed E-state index contributed by atoms with van der Waals surface area (Å²) in [7, 11) is 1.95. The predicted molar refractivity (Wildman–Crippen MR) is 96.2 cm³/mol. The molecule has 4 aliphatic carbocycles. The van der Waals surface area contributed by atoms with Gasteiger partial charge >= 0.3 is 0 Å². The molecule has 4 bridgehead atoms. The Morgan fingerprint density at radius 3 is 2.42 bits per heavy atom. The van der Waals surface area contributed by atoms with Gasteiger partial charge in [-0.15, -0.1) is 0 Å². The fraction of sp³-hybridized carbons (Fsp3) is 0.550. The van der Waals surface area contributed by atoms with Crippen molar-refractivity contribution in [2.75, 3.05) is 0 Å². The number of hydrogen-bond acceptors (Lipinski definition) is 1. The number of nitrogens with zero attached hydrogens (tertiary/aromatic N) is 1. The molecule has 1 aromatic heterocycles. The molecule has 0 spiro atoms. The van der Waals surface area contributed by atoms with Crippen molar-refractivity contribution in [3.8, 4) is 0 Å². The van der Waals surface area contributed by atoms with Crippen LogP contribution in [0.15, 0.2) is 24.3 Å². The largest absolute Gasteiger partial charge is 0.347 e. The minimum absolute atomic E-state index is 0.0716. The van der Waals surface area contributed by atoms with E-state index in [2.05, 4.69) is 5.32 Å². The van der Waals surface area contributed by atoms with Gasteiger partial charge < -0.3 is 9.88 Å². The van der Waals surface area contributed by atoms with Gasteiger partial charge in [0.25, 0.3) is 5.91 Å². The van der Waals surface area contributed by atoms with Gasteiger partial charge in [-0.25, -0.2) is 0 Å². The number of carbonyl (C=O) groups excluding carboxylic acids is 1. The van der Waals surface area contributed by atoms with Crippen molar-refractivity contribution in [3.63, 3.8) is 0 Å². The highest BCUT2D eigenvalue weighted by molar-refractivity contribution is 6.31. The standard InChI is InChI=1S/C20H23ClN2O/c1-23-17-10-16(21)3-2-13(17)9-18(23)20(24)22-19-14-5-11-4-12(7-14)8-15(19)6-11/h2-3,9-12,14-15,19H,4-8H2,1H3,(H,22,24). The first-order valence-electron chi connectivity index (χ1n) is 9.14. The number of aromatic nitrogens is 1. The monoisotopic (exact) mass is 342 g/mol. The third-order valence-corrected chi connectivity index (χ3v) is 7.00. The van der Waals surface area contributed by atoms with Crippen LogP contribution >= 0.6 is 11.6 Å². The number of halogens is 1. The van der Waals surface area contributed by atoms with E-state index in [1.807, 2.05) is 35.9 Å². The topological polar surface area (TPSA) is 34.0 Å². The Hall–Kier alpha value is -1.48. The van der Waals surface area contributed by atoms with Crippen LogP contribution in [0, 0.1) is 23.7 Å². The Balaban J connectivity index is 1.42. The van der Waals surface area contributed by atoms with Gasteiger partial charge in [0.05, 0.1) is 0 Å². The molecule has 4 fully saturated rings. The van der Waals surface area contributed by atoms with Gasteiger partial charge in [-0.1, -0.05) is 17.7 Å². The summed E-state index contributed by atoms with van der Waals surface area (Å²) in [4.78, 5) is 12.9. The zero-order valence-electron chi connectivity index (χ0n) is 14.0. The molecule has 0 aliphatic heterocycles. The molecule has 1 amide bonds. The molecule has 1 heterocycles. The van der Waals surface area contributed by atoms with Gasteiger partial charge in [-0.3, -0.25) is 4.79 Å². The number of aryl methyl sites for hydroxylation is 1. The Morgan fingerprint density at radius 2 is 1.75 bits per heavy atom. The minimum atomic E-state index is 0.0716. The molecule has 6 rings (SSSR count). The predicted octanol–water partition coefficient (Wildman–Crippen LogP) is 4.39. The van der Waals surface area contributed by atoms with E-state index in [9.17, 15) is 4.79 Å². The van der Waals surface area contributed by atoms with Crippen LogP contribution in [0.25, 0.3) is 10.9 Å². The van der Waals surface area contributed by atoms with Gasteiger partial charge in [0.15, 0.2) is 0 Å². The first kappa shape index (κ1) is 14.8. The maximum Gasteiger partial charge on any atom is 0.268 e. The zero-order chi connectivity index (χ0) is 16.4. The van der Waals surface area contributed by atoms with Gasteiger partial charge in [0.2, 0.25) is 0 Å². The molecule has 0 atom stereocenters. The van der Waals surface area contributed by atoms with Gasteiger partial charge in [0, 0.05) is 29.0 Å². The Kier molecular flexibility index (Phi) is 3.25. The highest BCUT2D eigenvalue weighted by Gasteiger charge is 2.48. The molecule has 1 aromatic carbocycles. The Bertz CT molecular complexity index is 796. The van der Waals surface area contributed by atoms with Crippen molar-refractivity contribution in [2.45, 2.75) is 38.1 Å². The van der Waals surface area contributed by atoms with Crippen LogP contribution in [-0.2, 0) is 7.05 Å². The van der Waals surface area contributed by atoms with E-state index in [1.54, 1.807) is 0 Å². The highest BCUT2D eigenvalue weighted by Crippen LogP contribution is 2.53. The molecular formula is C20H23ClN2O. The summed E-state index contributed by atoms with van der Waals surface area (Å²) in [5, 5.41) is 5.17. The van der Waals surface area contributed by atoms with Crippen LogP contribution in [0.1, 0.15) is 42.6 Å². The lowest BCUT2D eigenvalue weighted by Crippen LogP contribution is -2.56. The second kappa shape index (κ2) is 5.26. The Labute approximate surface area is 147 Å². The van der Waals surface area contributed by atoms with E-state index in [4.69, 9.17) is 11.6 Å². The van der Waals surface area contributed by atoms with Crippen LogP contribution in [0.4, 0.5) is 0 Å². The number of nitrogens with one attached hydrogen (secondary N) is 1. The average Bonchev–Trinajstić information content (AvgIpc) is 2.87. The summed E-state index contributed by atoms with van der Waals surface area (Å²) in [5.74, 6) is 3.34. The first-order chi connectivity index (χ1) is 11.6. The van der Waals surface area contributed by atoms with Crippen molar-refractivity contribution < 1.29 is 4.79 Å². The molecule has 4 heteroatoms. The second-order valence-electron chi connectivity index (χ2n) is 8.22. The first-order valence-corrected chi connectivity index (χ1v) is 9.52. The molecule has 2 aromatic rings. The third kappa shape index (κ3) is 2.21. The molecule has 0 saturated heterocycles. The van der Waals surface area contributed by atoms with E-state index in [-0.39, 0.29) is 5.91 Å². The molecule has 24 heavy (non-hydrogen) atoms. The lowest BCUT2D eigenvalue weighted by atomic mass is 9.54. The van der Waals surface area contributed by atoms with Crippen LogP contribution in [-0.4, -0.2) is 16.5 Å². The van der Waals surface area contributed by atoms with Crippen LogP contribution in [0.3, 0.4) is 0 Å². The van der Waals surface area contributed by atoms with Crippen molar-refractivity contribution in [1.82, 2.24) is 9.88 Å². The number of rotatable bonds is 2. The number of benzene rings is 1. The lowest BCUT2D eigenvalue weighted by Gasteiger charge is -2.54. The summed E-state index contributed by atoms with van der Waals surface area (Å²) >= 11 is 6.10. The minimum Gasteiger partial charge on any atom is -0.347 e. The van der Waals surface area contributed by atoms with Crippen molar-refractivity contribution in [1.29, 1.82) is 0 Å². The van der Waals surface area contributed by atoms with Gasteiger partial charge in [0.1, 0.15) is 5.69 Å². The van der Waals surface area contributed by atoms with Crippen LogP contribution in [0.5, 0.6) is 0 Å². The third-order valence-electron chi connectivity index (χ3n) is 6.76. The fourth-order valence-corrected chi connectivity index (χ4v) is 6.07. The average molecular weight is 343 g/mol. The van der Waals surface area contributed by atoms with Gasteiger partial charge in [-0.05, 0) is 74.0 Å². The fourth-order valence-electron chi connectivity index (χ4n) is 5.91. The molecular weight excluding hydrogens is 320 g/mol. The van der Waals surface area contributed by atoms with E-state index in [0.717, 1.165) is 28.4 Å². The highest BCUT2D eigenvalue weighted by atomic mass is 35.5. The molecule has 4 aliphatic rings. The maximum absolute atomic E-state index is 12.9. The number of carbonyl (C=O) groups is 1.